The summed E-state index contributed by atoms with van der Waals surface area (Å²) in [6.07, 6.45) is 5.50. The average Bonchev–Trinajstić information content (AvgIpc) is 2.22. The Hall–Kier alpha value is -0.0400. The van der Waals surface area contributed by atoms with E-state index in [0.717, 1.165) is 17.8 Å². The molecular formula is C16H33N. The van der Waals surface area contributed by atoms with E-state index in [1.807, 2.05) is 0 Å². The van der Waals surface area contributed by atoms with Gasteiger partial charge in [-0.25, -0.2) is 0 Å². The van der Waals surface area contributed by atoms with Crippen LogP contribution in [-0.4, -0.2) is 12.6 Å². The first kappa shape index (κ1) is 15.0. The van der Waals surface area contributed by atoms with Gasteiger partial charge in [0.1, 0.15) is 0 Å². The second-order valence-electron chi connectivity index (χ2n) is 7.33. The molecule has 4 unspecified atom stereocenters. The molecule has 0 aliphatic heterocycles. The predicted octanol–water partition coefficient (Wildman–Crippen LogP) is 4.47. The Morgan fingerprint density at radius 1 is 1.12 bits per heavy atom. The van der Waals surface area contributed by atoms with Crippen molar-refractivity contribution in [2.24, 2.45) is 23.2 Å². The largest absolute Gasteiger partial charge is 0.313 e. The van der Waals surface area contributed by atoms with Gasteiger partial charge in [0.15, 0.2) is 0 Å². The van der Waals surface area contributed by atoms with E-state index >= 15 is 0 Å². The third kappa shape index (κ3) is 4.28. The summed E-state index contributed by atoms with van der Waals surface area (Å²) in [5.74, 6) is 2.72. The van der Waals surface area contributed by atoms with Crippen LogP contribution in [0.5, 0.6) is 0 Å². The Kier molecular flexibility index (Phi) is 5.50. The molecule has 1 N–H and O–H groups in total. The minimum Gasteiger partial charge on any atom is -0.313 e. The molecule has 0 bridgehead atoms. The minimum absolute atomic E-state index is 0.389. The Morgan fingerprint density at radius 2 is 1.76 bits per heavy atom. The maximum atomic E-state index is 3.81. The summed E-state index contributed by atoms with van der Waals surface area (Å²) < 4.78 is 0. The highest BCUT2D eigenvalue weighted by atomic mass is 14.9. The monoisotopic (exact) mass is 239 g/mol. The summed E-state index contributed by atoms with van der Waals surface area (Å²) in [7, 11) is 0. The van der Waals surface area contributed by atoms with Gasteiger partial charge in [-0.15, -0.1) is 0 Å². The quantitative estimate of drug-likeness (QED) is 0.763. The normalized spacial score (nSPS) is 32.5. The van der Waals surface area contributed by atoms with Gasteiger partial charge in [-0.3, -0.25) is 0 Å². The standard InChI is InChI=1S/C16H33N/c1-7-10-17-15(16(4,5)6)14-9-8-12(2)13(3)11-14/h12-15,17H,7-11H2,1-6H3. The van der Waals surface area contributed by atoms with Gasteiger partial charge in [-0.2, -0.15) is 0 Å². The SMILES string of the molecule is CCCNC(C1CCC(C)C(C)C1)C(C)(C)C. The van der Waals surface area contributed by atoms with E-state index in [1.165, 1.54) is 32.2 Å². The van der Waals surface area contributed by atoms with Gasteiger partial charge < -0.3 is 5.32 Å². The van der Waals surface area contributed by atoms with E-state index in [0.29, 0.717) is 11.5 Å². The summed E-state index contributed by atoms with van der Waals surface area (Å²) >= 11 is 0. The summed E-state index contributed by atoms with van der Waals surface area (Å²) in [5, 5.41) is 3.81. The van der Waals surface area contributed by atoms with Gasteiger partial charge in [0, 0.05) is 6.04 Å². The lowest BCUT2D eigenvalue weighted by molar-refractivity contribution is 0.112. The van der Waals surface area contributed by atoms with E-state index in [-0.39, 0.29) is 0 Å². The van der Waals surface area contributed by atoms with E-state index in [9.17, 15) is 0 Å². The summed E-state index contributed by atoms with van der Waals surface area (Å²) in [6.45, 7) is 15.5. The zero-order chi connectivity index (χ0) is 13.1. The van der Waals surface area contributed by atoms with Crippen LogP contribution in [0.4, 0.5) is 0 Å². The van der Waals surface area contributed by atoms with Crippen molar-refractivity contribution in [3.05, 3.63) is 0 Å². The number of hydrogen-bond donors (Lipinski definition) is 1. The van der Waals surface area contributed by atoms with Crippen LogP contribution in [0.2, 0.25) is 0 Å². The van der Waals surface area contributed by atoms with E-state index < -0.39 is 0 Å². The molecule has 1 nitrogen and oxygen atoms in total. The van der Waals surface area contributed by atoms with E-state index in [4.69, 9.17) is 0 Å². The molecule has 0 aromatic heterocycles. The maximum Gasteiger partial charge on any atom is 0.0144 e. The van der Waals surface area contributed by atoms with Gasteiger partial charge in [-0.05, 0) is 49.0 Å². The van der Waals surface area contributed by atoms with Gasteiger partial charge in [0.2, 0.25) is 0 Å². The zero-order valence-electron chi connectivity index (χ0n) is 12.8. The third-order valence-corrected chi connectivity index (χ3v) is 4.66. The molecule has 1 heteroatoms. The molecule has 102 valence electrons. The van der Waals surface area contributed by atoms with Crippen molar-refractivity contribution in [3.63, 3.8) is 0 Å². The van der Waals surface area contributed by atoms with E-state index in [2.05, 4.69) is 46.9 Å². The molecule has 0 saturated heterocycles. The molecule has 0 heterocycles. The Bertz CT molecular complexity index is 216. The molecule has 17 heavy (non-hydrogen) atoms. The van der Waals surface area contributed by atoms with Crippen LogP contribution in [0.25, 0.3) is 0 Å². The molecule has 1 aliphatic carbocycles. The fourth-order valence-electron chi connectivity index (χ4n) is 3.37. The summed E-state index contributed by atoms with van der Waals surface area (Å²) in [5.41, 5.74) is 0.389. The fourth-order valence-corrected chi connectivity index (χ4v) is 3.37. The van der Waals surface area contributed by atoms with Crippen LogP contribution >= 0.6 is 0 Å². The van der Waals surface area contributed by atoms with Crippen LogP contribution in [0.3, 0.4) is 0 Å². The van der Waals surface area contributed by atoms with Crippen LogP contribution in [0, 0.1) is 23.2 Å². The number of rotatable bonds is 4. The van der Waals surface area contributed by atoms with Crippen molar-refractivity contribution >= 4 is 0 Å². The minimum atomic E-state index is 0.389. The highest BCUT2D eigenvalue weighted by Crippen LogP contribution is 2.39. The Morgan fingerprint density at radius 3 is 2.24 bits per heavy atom. The molecule has 0 aromatic carbocycles. The second kappa shape index (κ2) is 6.22. The third-order valence-electron chi connectivity index (χ3n) is 4.66. The molecule has 0 spiro atoms. The van der Waals surface area contributed by atoms with Gasteiger partial charge in [0.25, 0.3) is 0 Å². The second-order valence-corrected chi connectivity index (χ2v) is 7.33. The molecule has 0 radical (unpaired) electrons. The zero-order valence-corrected chi connectivity index (χ0v) is 12.8. The summed E-state index contributed by atoms with van der Waals surface area (Å²) in [6, 6.07) is 0.692. The molecule has 4 atom stereocenters. The Labute approximate surface area is 109 Å². The van der Waals surface area contributed by atoms with E-state index in [1.54, 1.807) is 0 Å². The number of nitrogens with one attached hydrogen (secondary N) is 1. The highest BCUT2D eigenvalue weighted by molar-refractivity contribution is 4.90. The lowest BCUT2D eigenvalue weighted by Gasteiger charge is -2.43. The van der Waals surface area contributed by atoms with Crippen molar-refractivity contribution in [3.8, 4) is 0 Å². The van der Waals surface area contributed by atoms with Crippen molar-refractivity contribution in [1.29, 1.82) is 0 Å². The highest BCUT2D eigenvalue weighted by Gasteiger charge is 2.35. The predicted molar refractivity (Wildman–Crippen MR) is 77.2 cm³/mol. The lowest BCUT2D eigenvalue weighted by Crippen LogP contribution is -2.48. The fraction of sp³-hybridized carbons (Fsp3) is 1.00. The van der Waals surface area contributed by atoms with Crippen LogP contribution in [0.1, 0.15) is 67.2 Å². The van der Waals surface area contributed by atoms with Crippen LogP contribution < -0.4 is 5.32 Å². The topological polar surface area (TPSA) is 12.0 Å². The van der Waals surface area contributed by atoms with Gasteiger partial charge >= 0.3 is 0 Å². The molecule has 0 aromatic rings. The first-order valence-corrected chi connectivity index (χ1v) is 7.59. The van der Waals surface area contributed by atoms with Crippen molar-refractivity contribution in [2.75, 3.05) is 6.54 Å². The van der Waals surface area contributed by atoms with Gasteiger partial charge in [-0.1, -0.05) is 48.0 Å². The van der Waals surface area contributed by atoms with Crippen molar-refractivity contribution in [2.45, 2.75) is 73.3 Å². The first-order valence-electron chi connectivity index (χ1n) is 7.59. The molecule has 1 aliphatic rings. The van der Waals surface area contributed by atoms with Gasteiger partial charge in [0.05, 0.1) is 0 Å². The lowest BCUT2D eigenvalue weighted by atomic mass is 9.68. The first-order chi connectivity index (χ1) is 7.86. The smallest absolute Gasteiger partial charge is 0.0144 e. The molecular weight excluding hydrogens is 206 g/mol. The van der Waals surface area contributed by atoms with Crippen molar-refractivity contribution in [1.82, 2.24) is 5.32 Å². The molecule has 1 fully saturated rings. The molecule has 1 rings (SSSR count). The Balaban J connectivity index is 2.63. The van der Waals surface area contributed by atoms with Crippen LogP contribution in [-0.2, 0) is 0 Å². The average molecular weight is 239 g/mol. The molecule has 0 amide bonds. The van der Waals surface area contributed by atoms with Crippen molar-refractivity contribution < 1.29 is 0 Å². The number of hydrogen-bond acceptors (Lipinski definition) is 1. The molecule has 1 saturated carbocycles. The van der Waals surface area contributed by atoms with Crippen LogP contribution in [0.15, 0.2) is 0 Å². The summed E-state index contributed by atoms with van der Waals surface area (Å²) in [4.78, 5) is 0. The maximum absolute atomic E-state index is 3.81.